The third-order valence-corrected chi connectivity index (χ3v) is 6.79. The van der Waals surface area contributed by atoms with Crippen molar-refractivity contribution < 1.29 is 9.59 Å². The molecular weight excluding hydrogens is 496 g/mol. The number of benzene rings is 1. The molecule has 0 bridgehead atoms. The number of carbonyl (C=O) groups excluding carboxylic acids is 2. The summed E-state index contributed by atoms with van der Waals surface area (Å²) in [5.41, 5.74) is 3.49. The molecule has 1 aliphatic carbocycles. The molecule has 4 aromatic rings. The van der Waals surface area contributed by atoms with Gasteiger partial charge in [0.1, 0.15) is 5.69 Å². The van der Waals surface area contributed by atoms with Gasteiger partial charge in [-0.25, -0.2) is 9.67 Å². The summed E-state index contributed by atoms with van der Waals surface area (Å²) >= 11 is 7.98. The van der Waals surface area contributed by atoms with E-state index >= 15 is 0 Å². The van der Waals surface area contributed by atoms with E-state index in [2.05, 4.69) is 26.8 Å². The summed E-state index contributed by atoms with van der Waals surface area (Å²) in [5, 5.41) is 24.2. The number of carbonyl (C=O) groups is 2. The first-order valence-electron chi connectivity index (χ1n) is 11.3. The highest BCUT2D eigenvalue weighted by Gasteiger charge is 2.27. The number of hydrogen-bond acceptors (Lipinski definition) is 6. The SMILES string of the molecule is Cc1cc(C#N)cc(C(=O)NC2CC2)c1NC(=O)c1cc(Cc2ccsc2)nn1-c1ncccc1Cl. The highest BCUT2D eigenvalue weighted by Crippen LogP contribution is 2.27. The van der Waals surface area contributed by atoms with E-state index < -0.39 is 5.91 Å². The molecule has 0 unspecified atom stereocenters. The van der Waals surface area contributed by atoms with E-state index in [1.807, 2.05) is 16.8 Å². The van der Waals surface area contributed by atoms with Crippen LogP contribution in [0.3, 0.4) is 0 Å². The fourth-order valence-corrected chi connectivity index (χ4v) is 4.71. The lowest BCUT2D eigenvalue weighted by atomic mass is 10.0. The second-order valence-electron chi connectivity index (χ2n) is 8.58. The molecular formula is C26H21ClN6O2S. The van der Waals surface area contributed by atoms with Crippen LogP contribution in [0.1, 0.15) is 56.1 Å². The lowest BCUT2D eigenvalue weighted by Crippen LogP contribution is -2.28. The van der Waals surface area contributed by atoms with Gasteiger partial charge >= 0.3 is 0 Å². The van der Waals surface area contributed by atoms with Gasteiger partial charge in [-0.2, -0.15) is 21.7 Å². The monoisotopic (exact) mass is 516 g/mol. The molecule has 1 aromatic carbocycles. The van der Waals surface area contributed by atoms with Gasteiger partial charge in [-0.15, -0.1) is 0 Å². The first-order valence-corrected chi connectivity index (χ1v) is 12.6. The molecule has 3 aromatic heterocycles. The highest BCUT2D eigenvalue weighted by molar-refractivity contribution is 7.07. The number of thiophene rings is 1. The Labute approximate surface area is 216 Å². The zero-order valence-electron chi connectivity index (χ0n) is 19.3. The maximum absolute atomic E-state index is 13.6. The molecule has 1 aliphatic rings. The molecule has 36 heavy (non-hydrogen) atoms. The number of rotatable bonds is 7. The van der Waals surface area contributed by atoms with Gasteiger partial charge in [-0.1, -0.05) is 11.6 Å². The van der Waals surface area contributed by atoms with Crippen molar-refractivity contribution in [1.29, 1.82) is 5.26 Å². The van der Waals surface area contributed by atoms with E-state index in [-0.39, 0.29) is 23.2 Å². The van der Waals surface area contributed by atoms with Crippen molar-refractivity contribution in [3.8, 4) is 11.9 Å². The lowest BCUT2D eigenvalue weighted by Gasteiger charge is -2.15. The molecule has 180 valence electrons. The summed E-state index contributed by atoms with van der Waals surface area (Å²) in [5.74, 6) is -0.481. The molecule has 1 fully saturated rings. The molecule has 0 aliphatic heterocycles. The smallest absolute Gasteiger partial charge is 0.274 e. The summed E-state index contributed by atoms with van der Waals surface area (Å²) in [7, 11) is 0. The van der Waals surface area contributed by atoms with Crippen LogP contribution in [-0.4, -0.2) is 32.6 Å². The maximum Gasteiger partial charge on any atom is 0.274 e. The predicted octanol–water partition coefficient (Wildman–Crippen LogP) is 4.90. The largest absolute Gasteiger partial charge is 0.349 e. The summed E-state index contributed by atoms with van der Waals surface area (Å²) in [6.07, 6.45) is 3.95. The standard InChI is InChI=1S/C26H21ClN6O2S/c1-15-9-17(13-28)11-20(25(34)30-18-4-5-18)23(15)31-26(35)22-12-19(10-16-6-8-36-14-16)32-33(22)24-21(27)3-2-7-29-24/h2-3,6-9,11-12,14,18H,4-5,10H2,1H3,(H,30,34)(H,31,35). The minimum Gasteiger partial charge on any atom is -0.349 e. The Kier molecular flexibility index (Phi) is 6.55. The summed E-state index contributed by atoms with van der Waals surface area (Å²) in [4.78, 5) is 30.9. The molecule has 3 heterocycles. The van der Waals surface area contributed by atoms with Crippen LogP contribution in [0, 0.1) is 18.3 Å². The maximum atomic E-state index is 13.6. The van der Waals surface area contributed by atoms with Crippen molar-refractivity contribution in [2.75, 3.05) is 5.32 Å². The van der Waals surface area contributed by atoms with Crippen LogP contribution in [0.25, 0.3) is 5.82 Å². The summed E-state index contributed by atoms with van der Waals surface area (Å²) in [6.45, 7) is 1.75. The molecule has 0 spiro atoms. The Bertz CT molecular complexity index is 1500. The van der Waals surface area contributed by atoms with E-state index in [4.69, 9.17) is 11.6 Å². The Hall–Kier alpha value is -4.00. The van der Waals surface area contributed by atoms with Crippen LogP contribution in [0.4, 0.5) is 5.69 Å². The second kappa shape index (κ2) is 9.93. The quantitative estimate of drug-likeness (QED) is 0.363. The molecule has 2 amide bonds. The van der Waals surface area contributed by atoms with Gasteiger partial charge in [-0.3, -0.25) is 9.59 Å². The van der Waals surface area contributed by atoms with Gasteiger partial charge in [-0.05, 0) is 78.1 Å². The average molecular weight is 517 g/mol. The van der Waals surface area contributed by atoms with Crippen molar-refractivity contribution in [2.45, 2.75) is 32.2 Å². The Morgan fingerprint density at radius 1 is 1.25 bits per heavy atom. The van der Waals surface area contributed by atoms with Crippen molar-refractivity contribution in [1.82, 2.24) is 20.1 Å². The van der Waals surface area contributed by atoms with Crippen LogP contribution in [-0.2, 0) is 6.42 Å². The number of anilines is 1. The van der Waals surface area contributed by atoms with Gasteiger partial charge < -0.3 is 10.6 Å². The predicted molar refractivity (Wildman–Crippen MR) is 138 cm³/mol. The number of halogens is 1. The third kappa shape index (κ3) is 5.00. The molecule has 0 radical (unpaired) electrons. The van der Waals surface area contributed by atoms with Crippen LogP contribution < -0.4 is 10.6 Å². The number of nitrogens with zero attached hydrogens (tertiary/aromatic N) is 4. The van der Waals surface area contributed by atoms with E-state index in [1.54, 1.807) is 48.7 Å². The molecule has 0 atom stereocenters. The Morgan fingerprint density at radius 2 is 2.08 bits per heavy atom. The lowest BCUT2D eigenvalue weighted by molar-refractivity contribution is 0.0952. The van der Waals surface area contributed by atoms with E-state index in [9.17, 15) is 14.9 Å². The first-order chi connectivity index (χ1) is 17.4. The number of amides is 2. The number of pyridine rings is 1. The van der Waals surface area contributed by atoms with Crippen molar-refractivity contribution in [3.05, 3.63) is 92.0 Å². The van der Waals surface area contributed by atoms with Crippen LogP contribution in [0.15, 0.2) is 53.4 Å². The van der Waals surface area contributed by atoms with E-state index in [0.717, 1.165) is 18.4 Å². The Balaban J connectivity index is 1.53. The summed E-state index contributed by atoms with van der Waals surface area (Å²) < 4.78 is 1.42. The fourth-order valence-electron chi connectivity index (χ4n) is 3.84. The van der Waals surface area contributed by atoms with Crippen LogP contribution in [0.2, 0.25) is 5.02 Å². The molecule has 8 nitrogen and oxygen atoms in total. The molecule has 5 rings (SSSR count). The van der Waals surface area contributed by atoms with Crippen LogP contribution in [0.5, 0.6) is 0 Å². The fraction of sp³-hybridized carbons (Fsp3) is 0.192. The van der Waals surface area contributed by atoms with Gasteiger partial charge in [0.05, 0.1) is 33.6 Å². The second-order valence-corrected chi connectivity index (χ2v) is 9.77. The van der Waals surface area contributed by atoms with Gasteiger partial charge in [0.25, 0.3) is 11.8 Å². The average Bonchev–Trinajstić information content (AvgIpc) is 3.35. The topological polar surface area (TPSA) is 113 Å². The van der Waals surface area contributed by atoms with Crippen molar-refractivity contribution in [3.63, 3.8) is 0 Å². The summed E-state index contributed by atoms with van der Waals surface area (Å²) in [6, 6.07) is 12.4. The van der Waals surface area contributed by atoms with Crippen LogP contribution >= 0.6 is 22.9 Å². The number of aromatic nitrogens is 3. The number of nitrogens with one attached hydrogen (secondary N) is 2. The van der Waals surface area contributed by atoms with Crippen molar-refractivity contribution >= 4 is 40.4 Å². The van der Waals surface area contributed by atoms with Gasteiger partial charge in [0, 0.05) is 18.7 Å². The molecule has 1 saturated carbocycles. The molecule has 0 saturated heterocycles. The normalized spacial score (nSPS) is 12.7. The minimum atomic E-state index is -0.478. The zero-order chi connectivity index (χ0) is 25.2. The highest BCUT2D eigenvalue weighted by atomic mass is 35.5. The number of aryl methyl sites for hydroxylation is 1. The van der Waals surface area contributed by atoms with Gasteiger partial charge in [0.2, 0.25) is 0 Å². The van der Waals surface area contributed by atoms with Gasteiger partial charge in [0.15, 0.2) is 5.82 Å². The number of nitriles is 1. The number of hydrogen-bond donors (Lipinski definition) is 2. The molecule has 10 heteroatoms. The minimum absolute atomic E-state index is 0.125. The Morgan fingerprint density at radius 3 is 2.78 bits per heavy atom. The third-order valence-electron chi connectivity index (χ3n) is 5.76. The van der Waals surface area contributed by atoms with Crippen molar-refractivity contribution in [2.24, 2.45) is 0 Å². The van der Waals surface area contributed by atoms with E-state index in [1.165, 1.54) is 10.7 Å². The first kappa shape index (κ1) is 23.7. The zero-order valence-corrected chi connectivity index (χ0v) is 20.9. The molecule has 2 N–H and O–H groups in total. The van der Waals surface area contributed by atoms with E-state index in [0.29, 0.717) is 39.8 Å².